The molecule has 0 saturated carbocycles. The number of hydrogen-bond donors (Lipinski definition) is 1. The lowest BCUT2D eigenvalue weighted by Crippen LogP contribution is -2.48. The summed E-state index contributed by atoms with van der Waals surface area (Å²) in [5.41, 5.74) is 1.98. The monoisotopic (exact) mass is 332 g/mol. The zero-order valence-electron chi connectivity index (χ0n) is 13.2. The van der Waals surface area contributed by atoms with E-state index in [2.05, 4.69) is 15.3 Å². The number of nitrogens with one attached hydrogen (secondary N) is 1. The van der Waals surface area contributed by atoms with Gasteiger partial charge in [0.15, 0.2) is 0 Å². The highest BCUT2D eigenvalue weighted by Gasteiger charge is 2.22. The predicted octanol–water partition coefficient (Wildman–Crippen LogP) is 2.40. The summed E-state index contributed by atoms with van der Waals surface area (Å²) in [7, 11) is 1.91. The molecule has 1 unspecified atom stereocenters. The normalized spacial score (nSPS) is 18.0. The zero-order valence-corrected chi connectivity index (χ0v) is 14.0. The number of carbonyl (C=O) groups is 1. The first kappa shape index (κ1) is 15.9. The maximum Gasteiger partial charge on any atom is 0.224 e. The van der Waals surface area contributed by atoms with Crippen LogP contribution in [0, 0.1) is 0 Å². The van der Waals surface area contributed by atoms with Crippen LogP contribution in [0.4, 0.5) is 5.69 Å². The molecule has 5 nitrogen and oxygen atoms in total. The van der Waals surface area contributed by atoms with Crippen molar-refractivity contribution in [2.45, 2.75) is 25.3 Å². The topological polar surface area (TPSA) is 50.2 Å². The van der Waals surface area contributed by atoms with Gasteiger partial charge in [-0.2, -0.15) is 5.10 Å². The van der Waals surface area contributed by atoms with Crippen molar-refractivity contribution in [3.05, 3.63) is 47.2 Å². The van der Waals surface area contributed by atoms with Gasteiger partial charge in [-0.05, 0) is 24.5 Å². The molecule has 1 fully saturated rings. The standard InChI is InChI=1S/C17H21ClN4O/c1-21-12-15(10-19-21)22-8-4-6-14(11-22)20-17(23)9-13-5-2-3-7-16(13)18/h2-3,5,7,10,12,14H,4,6,8-9,11H2,1H3,(H,20,23). The van der Waals surface area contributed by atoms with Crippen LogP contribution in [0.2, 0.25) is 5.02 Å². The second-order valence-electron chi connectivity index (χ2n) is 5.99. The Balaban J connectivity index is 1.57. The molecule has 1 aliphatic heterocycles. The largest absolute Gasteiger partial charge is 0.367 e. The molecule has 2 heterocycles. The highest BCUT2D eigenvalue weighted by molar-refractivity contribution is 6.31. The highest BCUT2D eigenvalue weighted by Crippen LogP contribution is 2.19. The molecular weight excluding hydrogens is 312 g/mol. The molecule has 122 valence electrons. The quantitative estimate of drug-likeness (QED) is 0.935. The number of carbonyl (C=O) groups excluding carboxylic acids is 1. The number of halogens is 1. The van der Waals surface area contributed by atoms with Crippen LogP contribution in [0.15, 0.2) is 36.7 Å². The summed E-state index contributed by atoms with van der Waals surface area (Å²) in [5, 5.41) is 7.99. The summed E-state index contributed by atoms with van der Waals surface area (Å²) in [6, 6.07) is 7.65. The van der Waals surface area contributed by atoms with Gasteiger partial charge in [-0.1, -0.05) is 29.8 Å². The van der Waals surface area contributed by atoms with Crippen LogP contribution >= 0.6 is 11.6 Å². The van der Waals surface area contributed by atoms with E-state index in [9.17, 15) is 4.79 Å². The summed E-state index contributed by atoms with van der Waals surface area (Å²) >= 11 is 6.12. The molecule has 3 rings (SSSR count). The fourth-order valence-corrected chi connectivity index (χ4v) is 3.20. The molecule has 0 spiro atoms. The first-order chi connectivity index (χ1) is 11.1. The number of aryl methyl sites for hydroxylation is 1. The third-order valence-corrected chi connectivity index (χ3v) is 4.52. The predicted molar refractivity (Wildman–Crippen MR) is 91.7 cm³/mol. The van der Waals surface area contributed by atoms with Gasteiger partial charge in [0.25, 0.3) is 0 Å². The van der Waals surface area contributed by atoms with Crippen molar-refractivity contribution in [3.63, 3.8) is 0 Å². The Morgan fingerprint density at radius 1 is 1.43 bits per heavy atom. The second-order valence-corrected chi connectivity index (χ2v) is 6.40. The Morgan fingerprint density at radius 3 is 3.00 bits per heavy atom. The molecule has 1 aromatic carbocycles. The van der Waals surface area contributed by atoms with Gasteiger partial charge in [-0.25, -0.2) is 0 Å². The molecule has 6 heteroatoms. The molecule has 1 atom stereocenters. The van der Waals surface area contributed by atoms with E-state index in [4.69, 9.17) is 11.6 Å². The maximum absolute atomic E-state index is 12.3. The number of anilines is 1. The van der Waals surface area contributed by atoms with E-state index in [1.165, 1.54) is 0 Å². The van der Waals surface area contributed by atoms with E-state index in [1.807, 2.05) is 43.7 Å². The maximum atomic E-state index is 12.3. The van der Waals surface area contributed by atoms with Crippen LogP contribution in [0.5, 0.6) is 0 Å². The summed E-state index contributed by atoms with van der Waals surface area (Å²) in [6.45, 7) is 1.82. The van der Waals surface area contributed by atoms with Crippen molar-refractivity contribution in [2.75, 3.05) is 18.0 Å². The van der Waals surface area contributed by atoms with Gasteiger partial charge in [0.1, 0.15) is 0 Å². The van der Waals surface area contributed by atoms with E-state index >= 15 is 0 Å². The second kappa shape index (κ2) is 7.04. The van der Waals surface area contributed by atoms with Crippen molar-refractivity contribution < 1.29 is 4.79 Å². The van der Waals surface area contributed by atoms with Gasteiger partial charge >= 0.3 is 0 Å². The molecule has 1 N–H and O–H groups in total. The van der Waals surface area contributed by atoms with Gasteiger partial charge in [0.05, 0.1) is 18.3 Å². The lowest BCUT2D eigenvalue weighted by Gasteiger charge is -2.33. The number of benzene rings is 1. The van der Waals surface area contributed by atoms with Gasteiger partial charge in [0, 0.05) is 37.4 Å². The number of hydrogen-bond acceptors (Lipinski definition) is 3. The van der Waals surface area contributed by atoms with Crippen molar-refractivity contribution in [2.24, 2.45) is 7.05 Å². The minimum Gasteiger partial charge on any atom is -0.367 e. The minimum atomic E-state index is 0.0242. The first-order valence-electron chi connectivity index (χ1n) is 7.88. The van der Waals surface area contributed by atoms with Crippen LogP contribution in [-0.4, -0.2) is 34.8 Å². The molecule has 1 aliphatic rings. The number of aromatic nitrogens is 2. The fourth-order valence-electron chi connectivity index (χ4n) is 2.99. The van der Waals surface area contributed by atoms with Gasteiger partial charge in [0.2, 0.25) is 5.91 Å². The van der Waals surface area contributed by atoms with Gasteiger partial charge < -0.3 is 10.2 Å². The van der Waals surface area contributed by atoms with E-state index in [0.717, 1.165) is 37.2 Å². The van der Waals surface area contributed by atoms with E-state index in [1.54, 1.807) is 4.68 Å². The SMILES string of the molecule is Cn1cc(N2CCCC(NC(=O)Cc3ccccc3Cl)C2)cn1. The summed E-state index contributed by atoms with van der Waals surface area (Å²) in [4.78, 5) is 14.6. The van der Waals surface area contributed by atoms with E-state index in [0.29, 0.717) is 11.4 Å². The highest BCUT2D eigenvalue weighted by atomic mass is 35.5. The molecule has 0 bridgehead atoms. The Morgan fingerprint density at radius 2 is 2.26 bits per heavy atom. The number of nitrogens with zero attached hydrogens (tertiary/aromatic N) is 3. The van der Waals surface area contributed by atoms with E-state index in [-0.39, 0.29) is 11.9 Å². The Hall–Kier alpha value is -2.01. The smallest absolute Gasteiger partial charge is 0.224 e. The summed E-state index contributed by atoms with van der Waals surface area (Å²) in [6.07, 6.45) is 6.27. The molecule has 23 heavy (non-hydrogen) atoms. The van der Waals surface area contributed by atoms with E-state index < -0.39 is 0 Å². The Labute approximate surface area is 141 Å². The third kappa shape index (κ3) is 4.05. The van der Waals surface area contributed by atoms with Gasteiger partial charge in [-0.15, -0.1) is 0 Å². The fraction of sp³-hybridized carbons (Fsp3) is 0.412. The number of piperidine rings is 1. The van der Waals surface area contributed by atoms with Crippen LogP contribution in [0.1, 0.15) is 18.4 Å². The summed E-state index contributed by atoms with van der Waals surface area (Å²) in [5.74, 6) is 0.0242. The zero-order chi connectivity index (χ0) is 16.2. The molecule has 0 aliphatic carbocycles. The molecule has 1 saturated heterocycles. The molecule has 0 radical (unpaired) electrons. The summed E-state index contributed by atoms with van der Waals surface area (Å²) < 4.78 is 1.80. The molecule has 2 aromatic rings. The van der Waals surface area contributed by atoms with Crippen molar-refractivity contribution in [1.29, 1.82) is 0 Å². The van der Waals surface area contributed by atoms with Crippen molar-refractivity contribution in [1.82, 2.24) is 15.1 Å². The van der Waals surface area contributed by atoms with Gasteiger partial charge in [-0.3, -0.25) is 9.48 Å². The van der Waals surface area contributed by atoms with Crippen LogP contribution in [0.25, 0.3) is 0 Å². The van der Waals surface area contributed by atoms with Crippen LogP contribution in [0.3, 0.4) is 0 Å². The van der Waals surface area contributed by atoms with Crippen LogP contribution < -0.4 is 10.2 Å². The molecular formula is C17H21ClN4O. The number of rotatable bonds is 4. The Kier molecular flexibility index (Phi) is 4.86. The van der Waals surface area contributed by atoms with Crippen molar-refractivity contribution in [3.8, 4) is 0 Å². The third-order valence-electron chi connectivity index (χ3n) is 4.15. The molecule has 1 aromatic heterocycles. The average Bonchev–Trinajstić information content (AvgIpc) is 2.96. The lowest BCUT2D eigenvalue weighted by molar-refractivity contribution is -0.121. The molecule has 1 amide bonds. The minimum absolute atomic E-state index is 0.0242. The Bertz CT molecular complexity index is 685. The first-order valence-corrected chi connectivity index (χ1v) is 8.26. The van der Waals surface area contributed by atoms with Crippen LogP contribution in [-0.2, 0) is 18.3 Å². The lowest BCUT2D eigenvalue weighted by atomic mass is 10.0. The average molecular weight is 333 g/mol. The van der Waals surface area contributed by atoms with Crippen molar-refractivity contribution >= 4 is 23.2 Å². The number of amides is 1.